The number of anilines is 1. The Labute approximate surface area is 190 Å². The van der Waals surface area contributed by atoms with Crippen LogP contribution in [0.1, 0.15) is 29.0 Å². The van der Waals surface area contributed by atoms with Gasteiger partial charge in [0.2, 0.25) is 0 Å². The fourth-order valence-corrected chi connectivity index (χ4v) is 4.12. The normalized spacial score (nSPS) is 15.8. The lowest BCUT2D eigenvalue weighted by Gasteiger charge is -2.26. The molecule has 6 N–H and O–H groups in total. The number of aryl methyl sites for hydroxylation is 2. The van der Waals surface area contributed by atoms with Crippen LogP contribution in [0, 0.1) is 6.92 Å². The fraction of sp³-hybridized carbons (Fsp3) is 0.409. The van der Waals surface area contributed by atoms with Gasteiger partial charge in [-0.25, -0.2) is 14.6 Å². The van der Waals surface area contributed by atoms with Gasteiger partial charge in [0.05, 0.1) is 5.69 Å². The summed E-state index contributed by atoms with van der Waals surface area (Å²) in [6.45, 7) is 5.42. The van der Waals surface area contributed by atoms with Crippen LogP contribution in [-0.4, -0.2) is 74.1 Å². The van der Waals surface area contributed by atoms with Crippen LogP contribution in [0.5, 0.6) is 0 Å². The van der Waals surface area contributed by atoms with Gasteiger partial charge in [-0.15, -0.1) is 11.3 Å². The van der Waals surface area contributed by atoms with Gasteiger partial charge in [-0.3, -0.25) is 4.90 Å². The predicted molar refractivity (Wildman–Crippen MR) is 122 cm³/mol. The van der Waals surface area contributed by atoms with Gasteiger partial charge in [-0.05, 0) is 43.9 Å². The Bertz CT molecular complexity index is 913. The smallest absolute Gasteiger partial charge is 0.335 e. The third kappa shape index (κ3) is 7.72. The van der Waals surface area contributed by atoms with E-state index in [4.69, 9.17) is 26.2 Å². The van der Waals surface area contributed by atoms with Crippen molar-refractivity contribution in [2.45, 2.75) is 38.4 Å². The number of nitrogens with zero attached hydrogens (tertiary/aromatic N) is 2. The lowest BCUT2D eigenvalue weighted by atomic mass is 9.99. The second-order valence-corrected chi connectivity index (χ2v) is 8.49. The molecule has 2 atom stereocenters. The zero-order valence-electron chi connectivity index (χ0n) is 17.8. The Morgan fingerprint density at radius 3 is 2.25 bits per heavy atom. The van der Waals surface area contributed by atoms with Gasteiger partial charge in [0.1, 0.15) is 0 Å². The maximum Gasteiger partial charge on any atom is 0.335 e. The van der Waals surface area contributed by atoms with Gasteiger partial charge in [0, 0.05) is 18.0 Å². The van der Waals surface area contributed by atoms with Crippen LogP contribution >= 0.6 is 11.3 Å². The molecule has 0 fully saturated rings. The Kier molecular flexibility index (Phi) is 9.79. The number of aromatic nitrogens is 1. The zero-order valence-corrected chi connectivity index (χ0v) is 18.7. The molecule has 0 saturated heterocycles. The molecule has 2 aromatic rings. The van der Waals surface area contributed by atoms with Gasteiger partial charge in [0.25, 0.3) is 0 Å². The van der Waals surface area contributed by atoms with E-state index in [0.29, 0.717) is 5.13 Å². The highest BCUT2D eigenvalue weighted by Crippen LogP contribution is 2.23. The van der Waals surface area contributed by atoms with E-state index in [2.05, 4.69) is 53.2 Å². The Hall–Kier alpha value is -2.79. The van der Waals surface area contributed by atoms with Crippen LogP contribution in [0.15, 0.2) is 36.4 Å². The lowest BCUT2D eigenvalue weighted by Crippen LogP contribution is -2.39. The lowest BCUT2D eigenvalue weighted by molar-refractivity contribution is -0.165. The van der Waals surface area contributed by atoms with Crippen molar-refractivity contribution in [3.8, 4) is 0 Å². The number of hydrogen-bond donors (Lipinski definition) is 5. The summed E-state index contributed by atoms with van der Waals surface area (Å²) in [5, 5.41) is 33.2. The van der Waals surface area contributed by atoms with Gasteiger partial charge >= 0.3 is 11.9 Å². The number of aliphatic carboxylic acids is 2. The third-order valence-electron chi connectivity index (χ3n) is 5.03. The molecule has 9 nitrogen and oxygen atoms in total. The Morgan fingerprint density at radius 1 is 1.16 bits per heavy atom. The van der Waals surface area contributed by atoms with Crippen molar-refractivity contribution in [1.82, 2.24) is 9.88 Å². The number of carbonyl (C=O) groups is 2. The molecule has 10 heteroatoms. The molecule has 1 aliphatic rings. The second-order valence-electron chi connectivity index (χ2n) is 7.38. The number of thiazole rings is 1. The van der Waals surface area contributed by atoms with Crippen molar-refractivity contribution >= 4 is 34.0 Å². The molecule has 1 aromatic carbocycles. The number of nitrogens with two attached hydrogens (primary N) is 1. The molecule has 0 saturated carbocycles. The highest BCUT2D eigenvalue weighted by atomic mass is 32.1. The first-order valence-electron chi connectivity index (χ1n) is 10.2. The molecule has 174 valence electrons. The number of aliphatic hydroxyl groups is 2. The molecule has 0 bridgehead atoms. The largest absolute Gasteiger partial charge is 0.479 e. The summed E-state index contributed by atoms with van der Waals surface area (Å²) in [6, 6.07) is 10.7. The van der Waals surface area contributed by atoms with Gasteiger partial charge in [-0.2, -0.15) is 0 Å². The SMILES string of the molecule is Cc1nc(N)sc1CCCN1CC=C(c2ccccc2)CC1.O=C(O)C(O)C(O)C(=O)O. The molecule has 0 aliphatic carbocycles. The number of carboxylic acid groups (broad SMARTS) is 2. The van der Waals surface area contributed by atoms with E-state index in [1.807, 2.05) is 0 Å². The van der Waals surface area contributed by atoms with E-state index < -0.39 is 24.1 Å². The van der Waals surface area contributed by atoms with Crippen molar-refractivity contribution in [2.75, 3.05) is 25.4 Å². The average molecular weight is 464 g/mol. The van der Waals surface area contributed by atoms with Crippen LogP contribution in [0.4, 0.5) is 5.13 Å². The quantitative estimate of drug-likeness (QED) is 0.392. The maximum absolute atomic E-state index is 9.77. The van der Waals surface area contributed by atoms with Crippen molar-refractivity contribution in [3.05, 3.63) is 52.5 Å². The highest BCUT2D eigenvalue weighted by molar-refractivity contribution is 7.15. The van der Waals surface area contributed by atoms with E-state index in [-0.39, 0.29) is 0 Å². The van der Waals surface area contributed by atoms with Crippen LogP contribution in [-0.2, 0) is 16.0 Å². The van der Waals surface area contributed by atoms with Crippen LogP contribution in [0.2, 0.25) is 0 Å². The average Bonchev–Trinajstić information content (AvgIpc) is 3.10. The van der Waals surface area contributed by atoms with E-state index >= 15 is 0 Å². The fourth-order valence-electron chi connectivity index (χ4n) is 3.24. The molecule has 2 heterocycles. The minimum absolute atomic E-state index is 0.695. The molecule has 32 heavy (non-hydrogen) atoms. The second kappa shape index (κ2) is 12.3. The van der Waals surface area contributed by atoms with Crippen LogP contribution in [0.25, 0.3) is 5.57 Å². The molecule has 0 radical (unpaired) electrons. The van der Waals surface area contributed by atoms with E-state index in [1.54, 1.807) is 11.3 Å². The summed E-state index contributed by atoms with van der Waals surface area (Å²) in [6.07, 6.45) is 1.27. The summed E-state index contributed by atoms with van der Waals surface area (Å²) >= 11 is 1.63. The Morgan fingerprint density at radius 2 is 1.78 bits per heavy atom. The third-order valence-corrected chi connectivity index (χ3v) is 6.08. The summed E-state index contributed by atoms with van der Waals surface area (Å²) in [7, 11) is 0. The highest BCUT2D eigenvalue weighted by Gasteiger charge is 2.29. The molecule has 1 aliphatic heterocycles. The number of carboxylic acids is 2. The molecular weight excluding hydrogens is 434 g/mol. The van der Waals surface area contributed by atoms with Gasteiger partial charge in [0.15, 0.2) is 17.3 Å². The van der Waals surface area contributed by atoms with E-state index in [9.17, 15) is 9.59 Å². The van der Waals surface area contributed by atoms with Crippen molar-refractivity contribution in [3.63, 3.8) is 0 Å². The van der Waals surface area contributed by atoms with Crippen LogP contribution in [0.3, 0.4) is 0 Å². The molecule has 3 rings (SSSR count). The van der Waals surface area contributed by atoms with Crippen molar-refractivity contribution < 1.29 is 30.0 Å². The summed E-state index contributed by atoms with van der Waals surface area (Å²) in [4.78, 5) is 27.7. The molecular formula is C22H29N3O6S. The standard InChI is InChI=1S/C18H23N3S.C4H6O6/c1-14-17(22-18(19)20-14)8-5-11-21-12-9-16(10-13-21)15-6-3-2-4-7-15;5-1(3(7)8)2(6)4(9)10/h2-4,6-7,9H,5,8,10-13H2,1H3,(H2,19,20);1-2,5-6H,(H,7,8)(H,9,10). The summed E-state index contributed by atoms with van der Waals surface area (Å²) < 4.78 is 0. The van der Waals surface area contributed by atoms with Gasteiger partial charge in [-0.1, -0.05) is 36.4 Å². The Balaban J connectivity index is 0.000000309. The number of hydrogen-bond acceptors (Lipinski definition) is 8. The topological polar surface area (TPSA) is 157 Å². The monoisotopic (exact) mass is 463 g/mol. The minimum Gasteiger partial charge on any atom is -0.479 e. The van der Waals surface area contributed by atoms with Crippen molar-refractivity contribution in [1.29, 1.82) is 0 Å². The molecule has 0 spiro atoms. The first-order chi connectivity index (χ1) is 15.2. The number of aliphatic hydroxyl groups excluding tert-OH is 2. The van der Waals surface area contributed by atoms with Gasteiger partial charge < -0.3 is 26.2 Å². The van der Waals surface area contributed by atoms with Crippen LogP contribution < -0.4 is 5.73 Å². The molecule has 2 unspecified atom stereocenters. The maximum atomic E-state index is 9.77. The van der Waals surface area contributed by atoms with E-state index in [1.165, 1.54) is 22.4 Å². The number of rotatable bonds is 8. The predicted octanol–water partition coefficient (Wildman–Crippen LogP) is 1.63. The first kappa shape index (κ1) is 25.5. The van der Waals surface area contributed by atoms with E-state index in [0.717, 1.165) is 38.2 Å². The number of benzene rings is 1. The summed E-state index contributed by atoms with van der Waals surface area (Å²) in [5.41, 5.74) is 9.72. The molecule has 1 aromatic heterocycles. The summed E-state index contributed by atoms with van der Waals surface area (Å²) in [5.74, 6) is -3.54. The van der Waals surface area contributed by atoms with Crippen molar-refractivity contribution in [2.24, 2.45) is 0 Å². The zero-order chi connectivity index (χ0) is 23.7. The molecule has 0 amide bonds. The number of nitrogen functional groups attached to an aromatic ring is 1. The minimum atomic E-state index is -2.27. The first-order valence-corrected chi connectivity index (χ1v) is 11.0.